The van der Waals surface area contributed by atoms with Gasteiger partial charge >= 0.3 is 0 Å². The van der Waals surface area contributed by atoms with Gasteiger partial charge in [0.1, 0.15) is 0 Å². The molecule has 54 heavy (non-hydrogen) atoms. The van der Waals surface area contributed by atoms with Gasteiger partial charge in [0, 0.05) is 33.2 Å². The predicted molar refractivity (Wildman–Crippen MR) is 229 cm³/mol. The van der Waals surface area contributed by atoms with Crippen LogP contribution < -0.4 is 4.90 Å². The number of benzene rings is 9. The lowest BCUT2D eigenvalue weighted by Gasteiger charge is -2.26. The molecule has 2 heteroatoms. The van der Waals surface area contributed by atoms with Crippen LogP contribution in [0.4, 0.5) is 17.1 Å². The number of fused-ring (bicyclic) bond motifs is 4. The predicted octanol–water partition coefficient (Wildman–Crippen LogP) is 14.4. The molecule has 0 spiro atoms. The first-order chi connectivity index (χ1) is 26.8. The quantitative estimate of drug-likeness (QED) is 0.162. The van der Waals surface area contributed by atoms with Crippen LogP contribution in [0.3, 0.4) is 0 Å². The maximum Gasteiger partial charge on any atom is 0.0541 e. The summed E-state index contributed by atoms with van der Waals surface area (Å²) in [7, 11) is 0. The van der Waals surface area contributed by atoms with E-state index in [1.807, 2.05) is 0 Å². The zero-order valence-electron chi connectivity index (χ0n) is 29.7. The van der Waals surface area contributed by atoms with Gasteiger partial charge in [0.2, 0.25) is 0 Å². The van der Waals surface area contributed by atoms with Gasteiger partial charge in [-0.05, 0) is 93.4 Å². The average Bonchev–Trinajstić information content (AvgIpc) is 3.59. The molecular weight excluding hydrogens is 653 g/mol. The summed E-state index contributed by atoms with van der Waals surface area (Å²) in [6.45, 7) is 0. The number of rotatable bonds is 7. The van der Waals surface area contributed by atoms with Crippen molar-refractivity contribution in [2.45, 2.75) is 0 Å². The molecule has 9 aromatic carbocycles. The van der Waals surface area contributed by atoms with Crippen LogP contribution in [0.2, 0.25) is 0 Å². The molecule has 10 aromatic rings. The standard InChI is InChI=1S/C52H36N2/c1-3-13-37(14-4-1)39-23-29-42(30-24-39)53(43-31-25-40(26-32-43)38-15-5-2-6-16-38)44-33-27-41(28-34-44)45-35-36-52(47-18-8-7-17-46(45)47)54-50-21-11-9-19-48(50)49-20-10-12-22-51(49)54/h1-36H. The second-order valence-corrected chi connectivity index (χ2v) is 13.8. The Morgan fingerprint density at radius 2 is 0.630 bits per heavy atom. The summed E-state index contributed by atoms with van der Waals surface area (Å²) in [5, 5.41) is 5.00. The van der Waals surface area contributed by atoms with Crippen molar-refractivity contribution in [2.24, 2.45) is 0 Å². The summed E-state index contributed by atoms with van der Waals surface area (Å²) in [4.78, 5) is 2.34. The number of hydrogen-bond donors (Lipinski definition) is 0. The van der Waals surface area contributed by atoms with Crippen LogP contribution in [0, 0.1) is 0 Å². The van der Waals surface area contributed by atoms with Crippen molar-refractivity contribution in [3.05, 3.63) is 218 Å². The molecular formula is C52H36N2. The van der Waals surface area contributed by atoms with Crippen LogP contribution in [0.1, 0.15) is 0 Å². The lowest BCUT2D eigenvalue weighted by Crippen LogP contribution is -2.09. The van der Waals surface area contributed by atoms with Crippen molar-refractivity contribution in [1.29, 1.82) is 0 Å². The zero-order chi connectivity index (χ0) is 35.8. The Kier molecular flexibility index (Phi) is 7.85. The maximum atomic E-state index is 2.42. The second-order valence-electron chi connectivity index (χ2n) is 13.8. The monoisotopic (exact) mass is 688 g/mol. The smallest absolute Gasteiger partial charge is 0.0541 e. The Labute approximate surface area is 315 Å². The van der Waals surface area contributed by atoms with Crippen LogP contribution in [-0.4, -0.2) is 4.57 Å². The third kappa shape index (κ3) is 5.53. The molecule has 0 aliphatic rings. The van der Waals surface area contributed by atoms with E-state index in [0.717, 1.165) is 17.1 Å². The van der Waals surface area contributed by atoms with Crippen LogP contribution >= 0.6 is 0 Å². The molecule has 0 saturated carbocycles. The summed E-state index contributed by atoms with van der Waals surface area (Å²) >= 11 is 0. The fourth-order valence-electron chi connectivity index (χ4n) is 8.02. The van der Waals surface area contributed by atoms with E-state index in [-0.39, 0.29) is 0 Å². The van der Waals surface area contributed by atoms with E-state index in [1.54, 1.807) is 0 Å². The molecule has 0 radical (unpaired) electrons. The summed E-state index contributed by atoms with van der Waals surface area (Å²) in [6, 6.07) is 78.7. The van der Waals surface area contributed by atoms with E-state index >= 15 is 0 Å². The number of hydrogen-bond acceptors (Lipinski definition) is 1. The fourth-order valence-corrected chi connectivity index (χ4v) is 8.02. The second kappa shape index (κ2) is 13.4. The molecule has 2 nitrogen and oxygen atoms in total. The van der Waals surface area contributed by atoms with Gasteiger partial charge in [-0.3, -0.25) is 0 Å². The largest absolute Gasteiger partial charge is 0.311 e. The van der Waals surface area contributed by atoms with Crippen LogP contribution in [0.25, 0.3) is 71.6 Å². The van der Waals surface area contributed by atoms with Crippen LogP contribution in [-0.2, 0) is 0 Å². The maximum absolute atomic E-state index is 2.42. The molecule has 0 fully saturated rings. The van der Waals surface area contributed by atoms with Gasteiger partial charge in [0.15, 0.2) is 0 Å². The van der Waals surface area contributed by atoms with Crippen LogP contribution in [0.15, 0.2) is 218 Å². The Bertz CT molecular complexity index is 2750. The Morgan fingerprint density at radius 3 is 1.11 bits per heavy atom. The van der Waals surface area contributed by atoms with E-state index in [2.05, 4.69) is 228 Å². The van der Waals surface area contributed by atoms with Gasteiger partial charge in [-0.1, -0.05) is 164 Å². The van der Waals surface area contributed by atoms with Crippen molar-refractivity contribution in [1.82, 2.24) is 4.57 Å². The van der Waals surface area contributed by atoms with Gasteiger partial charge < -0.3 is 9.47 Å². The number of aromatic nitrogens is 1. The van der Waals surface area contributed by atoms with E-state index in [0.29, 0.717) is 0 Å². The topological polar surface area (TPSA) is 8.17 Å². The highest BCUT2D eigenvalue weighted by atomic mass is 15.1. The molecule has 0 aliphatic carbocycles. The van der Waals surface area contributed by atoms with Gasteiger partial charge in [0.05, 0.1) is 16.7 Å². The Hall–Kier alpha value is -7.16. The first-order valence-electron chi connectivity index (χ1n) is 18.5. The minimum absolute atomic E-state index is 1.10. The first-order valence-corrected chi connectivity index (χ1v) is 18.5. The summed E-state index contributed by atoms with van der Waals surface area (Å²) < 4.78 is 2.42. The molecule has 254 valence electrons. The minimum Gasteiger partial charge on any atom is -0.311 e. The van der Waals surface area contributed by atoms with Crippen molar-refractivity contribution in [3.63, 3.8) is 0 Å². The van der Waals surface area contributed by atoms with E-state index in [1.165, 1.54) is 71.6 Å². The molecule has 0 saturated heterocycles. The highest BCUT2D eigenvalue weighted by molar-refractivity contribution is 6.11. The zero-order valence-corrected chi connectivity index (χ0v) is 29.7. The van der Waals surface area contributed by atoms with Crippen molar-refractivity contribution in [2.75, 3.05) is 4.90 Å². The number of para-hydroxylation sites is 2. The molecule has 0 N–H and O–H groups in total. The number of anilines is 3. The molecule has 10 rings (SSSR count). The molecule has 0 atom stereocenters. The lowest BCUT2D eigenvalue weighted by atomic mass is 9.96. The SMILES string of the molecule is c1ccc(-c2ccc(N(c3ccc(-c4ccccc4)cc3)c3ccc(-c4ccc(-n5c6ccccc6c6ccccc65)c5ccccc45)cc3)cc2)cc1. The van der Waals surface area contributed by atoms with Crippen molar-refractivity contribution >= 4 is 49.6 Å². The van der Waals surface area contributed by atoms with Crippen LogP contribution in [0.5, 0.6) is 0 Å². The first kappa shape index (κ1) is 31.6. The summed E-state index contributed by atoms with van der Waals surface area (Å²) in [6.07, 6.45) is 0. The highest BCUT2D eigenvalue weighted by Crippen LogP contribution is 2.40. The number of nitrogens with zero attached hydrogens (tertiary/aromatic N) is 2. The Balaban J connectivity index is 1.06. The third-order valence-electron chi connectivity index (χ3n) is 10.6. The normalized spacial score (nSPS) is 11.3. The van der Waals surface area contributed by atoms with Gasteiger partial charge in [-0.25, -0.2) is 0 Å². The van der Waals surface area contributed by atoms with Crippen molar-refractivity contribution < 1.29 is 0 Å². The van der Waals surface area contributed by atoms with Crippen molar-refractivity contribution in [3.8, 4) is 39.1 Å². The van der Waals surface area contributed by atoms with Gasteiger partial charge in [0.25, 0.3) is 0 Å². The summed E-state index contributed by atoms with van der Waals surface area (Å²) in [5.41, 5.74) is 14.2. The van der Waals surface area contributed by atoms with E-state index in [4.69, 9.17) is 0 Å². The molecule has 0 amide bonds. The average molecular weight is 689 g/mol. The summed E-state index contributed by atoms with van der Waals surface area (Å²) in [5.74, 6) is 0. The molecule has 1 heterocycles. The van der Waals surface area contributed by atoms with E-state index in [9.17, 15) is 0 Å². The molecule has 0 aliphatic heterocycles. The third-order valence-corrected chi connectivity index (χ3v) is 10.6. The minimum atomic E-state index is 1.10. The van der Waals surface area contributed by atoms with E-state index < -0.39 is 0 Å². The van der Waals surface area contributed by atoms with Gasteiger partial charge in [-0.15, -0.1) is 0 Å². The Morgan fingerprint density at radius 1 is 0.259 bits per heavy atom. The molecule has 1 aromatic heterocycles. The lowest BCUT2D eigenvalue weighted by molar-refractivity contribution is 1.20. The fraction of sp³-hybridized carbons (Fsp3) is 0. The highest BCUT2D eigenvalue weighted by Gasteiger charge is 2.17. The van der Waals surface area contributed by atoms with Gasteiger partial charge in [-0.2, -0.15) is 0 Å². The molecule has 0 unspecified atom stereocenters. The molecule has 0 bridgehead atoms.